The van der Waals surface area contributed by atoms with E-state index in [9.17, 15) is 4.79 Å². The molecule has 0 bridgehead atoms. The molecule has 0 aromatic carbocycles. The Kier molecular flexibility index (Phi) is 7.82. The molecule has 0 spiro atoms. The number of ether oxygens (including phenoxy) is 1. The van der Waals surface area contributed by atoms with Gasteiger partial charge in [0.05, 0.1) is 0 Å². The number of likely N-dealkylation sites (tertiary alicyclic amines) is 1. The summed E-state index contributed by atoms with van der Waals surface area (Å²) in [6.07, 6.45) is 8.35. The molecule has 1 saturated carbocycles. The number of hydrogen-bond acceptors (Lipinski definition) is 3. The lowest BCUT2D eigenvalue weighted by molar-refractivity contribution is -0.130. The molecular formula is C18H34N4O2. The van der Waals surface area contributed by atoms with E-state index in [1.54, 1.807) is 7.11 Å². The molecule has 1 amide bonds. The molecule has 0 aromatic rings. The SMILES string of the molecule is CCNC(=NCC(=O)N1CCCCC1)NCC1(CCOC)CCC1. The Morgan fingerprint density at radius 3 is 2.50 bits per heavy atom. The van der Waals surface area contributed by atoms with Gasteiger partial charge in [-0.2, -0.15) is 0 Å². The van der Waals surface area contributed by atoms with Crippen molar-refractivity contribution in [3.8, 4) is 0 Å². The lowest BCUT2D eigenvalue weighted by atomic mass is 9.67. The number of rotatable bonds is 8. The Bertz CT molecular complexity index is 415. The van der Waals surface area contributed by atoms with Crippen molar-refractivity contribution in [2.45, 2.75) is 51.9 Å². The molecule has 2 N–H and O–H groups in total. The van der Waals surface area contributed by atoms with Crippen molar-refractivity contribution in [3.05, 3.63) is 0 Å². The first kappa shape index (κ1) is 19.0. The summed E-state index contributed by atoms with van der Waals surface area (Å²) >= 11 is 0. The maximum Gasteiger partial charge on any atom is 0.244 e. The van der Waals surface area contributed by atoms with Crippen LogP contribution in [0.4, 0.5) is 0 Å². The molecule has 1 heterocycles. The third kappa shape index (κ3) is 5.65. The second kappa shape index (κ2) is 9.87. The first-order valence-corrected chi connectivity index (χ1v) is 9.48. The molecule has 24 heavy (non-hydrogen) atoms. The second-order valence-corrected chi connectivity index (χ2v) is 7.09. The molecule has 1 aliphatic heterocycles. The molecule has 6 heteroatoms. The summed E-state index contributed by atoms with van der Waals surface area (Å²) in [4.78, 5) is 18.7. The quantitative estimate of drug-likeness (QED) is 0.523. The van der Waals surface area contributed by atoms with Crippen LogP contribution >= 0.6 is 0 Å². The zero-order valence-corrected chi connectivity index (χ0v) is 15.4. The summed E-state index contributed by atoms with van der Waals surface area (Å²) in [5.74, 6) is 0.899. The van der Waals surface area contributed by atoms with E-state index in [1.807, 2.05) is 11.8 Å². The predicted molar refractivity (Wildman–Crippen MR) is 97.2 cm³/mol. The fourth-order valence-electron chi connectivity index (χ4n) is 3.51. The van der Waals surface area contributed by atoms with E-state index in [-0.39, 0.29) is 12.5 Å². The second-order valence-electron chi connectivity index (χ2n) is 7.09. The molecule has 1 saturated heterocycles. The summed E-state index contributed by atoms with van der Waals surface area (Å²) in [6, 6.07) is 0. The number of methoxy groups -OCH3 is 1. The summed E-state index contributed by atoms with van der Waals surface area (Å²) < 4.78 is 5.25. The molecular weight excluding hydrogens is 304 g/mol. The average molecular weight is 338 g/mol. The van der Waals surface area contributed by atoms with Gasteiger partial charge < -0.3 is 20.3 Å². The Morgan fingerprint density at radius 2 is 1.92 bits per heavy atom. The number of aliphatic imine (C=N–C) groups is 1. The summed E-state index contributed by atoms with van der Waals surface area (Å²) in [7, 11) is 1.76. The fraction of sp³-hybridized carbons (Fsp3) is 0.889. The molecule has 138 valence electrons. The minimum atomic E-state index is 0.143. The zero-order chi connectivity index (χ0) is 17.3. The van der Waals surface area contributed by atoms with Gasteiger partial charge in [0.2, 0.25) is 5.91 Å². The van der Waals surface area contributed by atoms with Gasteiger partial charge in [0.25, 0.3) is 0 Å². The van der Waals surface area contributed by atoms with E-state index in [2.05, 4.69) is 15.6 Å². The Hall–Kier alpha value is -1.30. The Morgan fingerprint density at radius 1 is 1.17 bits per heavy atom. The van der Waals surface area contributed by atoms with Crippen LogP contribution in [-0.2, 0) is 9.53 Å². The molecule has 0 radical (unpaired) electrons. The van der Waals surface area contributed by atoms with Crippen LogP contribution in [-0.4, -0.2) is 63.2 Å². The Balaban J connectivity index is 1.82. The van der Waals surface area contributed by atoms with Gasteiger partial charge in [0.1, 0.15) is 6.54 Å². The fourth-order valence-corrected chi connectivity index (χ4v) is 3.51. The van der Waals surface area contributed by atoms with Crippen LogP contribution in [0, 0.1) is 5.41 Å². The van der Waals surface area contributed by atoms with Gasteiger partial charge in [0, 0.05) is 39.9 Å². The molecule has 0 unspecified atom stereocenters. The number of guanidine groups is 1. The summed E-state index contributed by atoms with van der Waals surface area (Å²) in [5, 5.41) is 6.70. The average Bonchev–Trinajstić information content (AvgIpc) is 2.58. The van der Waals surface area contributed by atoms with Crippen LogP contribution in [0.2, 0.25) is 0 Å². The van der Waals surface area contributed by atoms with Crippen LogP contribution in [0.25, 0.3) is 0 Å². The van der Waals surface area contributed by atoms with E-state index >= 15 is 0 Å². The van der Waals surface area contributed by atoms with Gasteiger partial charge in [-0.1, -0.05) is 6.42 Å². The lowest BCUT2D eigenvalue weighted by Gasteiger charge is -2.42. The summed E-state index contributed by atoms with van der Waals surface area (Å²) in [6.45, 7) is 6.57. The number of piperidine rings is 1. The van der Waals surface area contributed by atoms with Crippen molar-refractivity contribution >= 4 is 11.9 Å². The summed E-state index contributed by atoms with van der Waals surface area (Å²) in [5.41, 5.74) is 0.336. The monoisotopic (exact) mass is 338 g/mol. The third-order valence-corrected chi connectivity index (χ3v) is 5.31. The standard InChI is InChI=1S/C18H34N4O2/c1-3-19-17(20-14-16(23)22-11-5-4-6-12-22)21-15-18(8-7-9-18)10-13-24-2/h3-15H2,1-2H3,(H2,19,20,21). The number of hydrogen-bond donors (Lipinski definition) is 2. The maximum absolute atomic E-state index is 12.3. The van der Waals surface area contributed by atoms with Gasteiger partial charge >= 0.3 is 0 Å². The minimum absolute atomic E-state index is 0.143. The highest BCUT2D eigenvalue weighted by molar-refractivity contribution is 5.85. The molecule has 2 fully saturated rings. The lowest BCUT2D eigenvalue weighted by Crippen LogP contribution is -2.47. The van der Waals surface area contributed by atoms with Gasteiger partial charge in [-0.25, -0.2) is 4.99 Å². The van der Waals surface area contributed by atoms with Crippen molar-refractivity contribution in [1.82, 2.24) is 15.5 Å². The first-order valence-electron chi connectivity index (χ1n) is 9.48. The molecule has 2 rings (SSSR count). The van der Waals surface area contributed by atoms with Crippen molar-refractivity contribution < 1.29 is 9.53 Å². The number of amides is 1. The van der Waals surface area contributed by atoms with Crippen molar-refractivity contribution in [3.63, 3.8) is 0 Å². The zero-order valence-electron chi connectivity index (χ0n) is 15.4. The van der Waals surface area contributed by atoms with Crippen molar-refractivity contribution in [2.75, 3.05) is 46.4 Å². The smallest absolute Gasteiger partial charge is 0.244 e. The number of carbonyl (C=O) groups is 1. The number of carbonyl (C=O) groups excluding carboxylic acids is 1. The molecule has 1 aliphatic carbocycles. The topological polar surface area (TPSA) is 66.0 Å². The molecule has 0 atom stereocenters. The third-order valence-electron chi connectivity index (χ3n) is 5.31. The highest BCUT2D eigenvalue weighted by Crippen LogP contribution is 2.43. The molecule has 2 aliphatic rings. The highest BCUT2D eigenvalue weighted by atomic mass is 16.5. The maximum atomic E-state index is 12.3. The van der Waals surface area contributed by atoms with Crippen LogP contribution < -0.4 is 10.6 Å². The van der Waals surface area contributed by atoms with Crippen LogP contribution in [0.5, 0.6) is 0 Å². The van der Waals surface area contributed by atoms with Crippen LogP contribution in [0.1, 0.15) is 51.9 Å². The predicted octanol–water partition coefficient (Wildman–Crippen LogP) is 1.76. The van der Waals surface area contributed by atoms with E-state index in [1.165, 1.54) is 25.7 Å². The van der Waals surface area contributed by atoms with Crippen molar-refractivity contribution in [1.29, 1.82) is 0 Å². The van der Waals surface area contributed by atoms with E-state index in [4.69, 9.17) is 4.74 Å². The largest absolute Gasteiger partial charge is 0.385 e. The highest BCUT2D eigenvalue weighted by Gasteiger charge is 2.36. The van der Waals surface area contributed by atoms with E-state index < -0.39 is 0 Å². The number of nitrogens with one attached hydrogen (secondary N) is 2. The van der Waals surface area contributed by atoms with Gasteiger partial charge in [0.15, 0.2) is 5.96 Å². The molecule has 6 nitrogen and oxygen atoms in total. The van der Waals surface area contributed by atoms with E-state index in [0.29, 0.717) is 5.41 Å². The normalized spacial score (nSPS) is 20.4. The Labute approximate surface area is 146 Å². The minimum Gasteiger partial charge on any atom is -0.385 e. The first-order chi connectivity index (χ1) is 11.7. The van der Waals surface area contributed by atoms with Crippen LogP contribution in [0.15, 0.2) is 4.99 Å². The van der Waals surface area contributed by atoms with Gasteiger partial charge in [-0.3, -0.25) is 4.79 Å². The van der Waals surface area contributed by atoms with Crippen LogP contribution in [0.3, 0.4) is 0 Å². The van der Waals surface area contributed by atoms with Gasteiger partial charge in [-0.05, 0) is 50.9 Å². The van der Waals surface area contributed by atoms with Crippen molar-refractivity contribution in [2.24, 2.45) is 10.4 Å². The molecule has 0 aromatic heterocycles. The number of nitrogens with zero attached hydrogens (tertiary/aromatic N) is 2. The van der Waals surface area contributed by atoms with Gasteiger partial charge in [-0.15, -0.1) is 0 Å². The van der Waals surface area contributed by atoms with E-state index in [0.717, 1.165) is 58.0 Å².